The molecule has 0 aliphatic rings. The highest BCUT2D eigenvalue weighted by molar-refractivity contribution is 7.98. The van der Waals surface area contributed by atoms with Gasteiger partial charge in [0.1, 0.15) is 17.3 Å². The molecule has 0 atom stereocenters. The van der Waals surface area contributed by atoms with Crippen molar-refractivity contribution in [3.05, 3.63) is 59.9 Å². The van der Waals surface area contributed by atoms with Gasteiger partial charge in [-0.25, -0.2) is 13.8 Å². The van der Waals surface area contributed by atoms with Gasteiger partial charge in [0.05, 0.1) is 28.2 Å². The van der Waals surface area contributed by atoms with E-state index in [1.807, 2.05) is 6.26 Å². The molecule has 2 heterocycles. The Morgan fingerprint density at radius 3 is 2.46 bits per heavy atom. The fourth-order valence-electron chi connectivity index (χ4n) is 2.26. The van der Waals surface area contributed by atoms with Crippen LogP contribution in [0.4, 0.5) is 20.2 Å². The molecule has 132 valence electrons. The maximum atomic E-state index is 14.0. The van der Waals surface area contributed by atoms with Gasteiger partial charge in [-0.1, -0.05) is 6.07 Å². The van der Waals surface area contributed by atoms with E-state index in [1.54, 1.807) is 18.3 Å². The number of nitrogens with zero attached hydrogens (tertiary/aromatic N) is 3. The highest BCUT2D eigenvalue weighted by Crippen LogP contribution is 2.28. The van der Waals surface area contributed by atoms with Gasteiger partial charge >= 0.3 is 0 Å². The van der Waals surface area contributed by atoms with Crippen LogP contribution in [0, 0.1) is 11.6 Å². The van der Waals surface area contributed by atoms with E-state index in [0.29, 0.717) is 5.69 Å². The van der Waals surface area contributed by atoms with E-state index in [2.05, 4.69) is 20.5 Å². The summed E-state index contributed by atoms with van der Waals surface area (Å²) in [7, 11) is 0. The minimum atomic E-state index is -0.825. The van der Waals surface area contributed by atoms with Gasteiger partial charge < -0.3 is 11.1 Å². The Morgan fingerprint density at radius 1 is 1.15 bits per heavy atom. The topological polar surface area (TPSA) is 93.8 Å². The van der Waals surface area contributed by atoms with E-state index < -0.39 is 17.5 Å². The van der Waals surface area contributed by atoms with Crippen molar-refractivity contribution in [1.82, 2.24) is 15.2 Å². The number of halogens is 2. The third-order valence-corrected chi connectivity index (χ3v) is 4.13. The van der Waals surface area contributed by atoms with Crippen LogP contribution in [0.2, 0.25) is 0 Å². The van der Waals surface area contributed by atoms with Gasteiger partial charge in [-0.15, -0.1) is 22.0 Å². The lowest BCUT2D eigenvalue weighted by Crippen LogP contribution is -2.16. The molecule has 0 aliphatic heterocycles. The summed E-state index contributed by atoms with van der Waals surface area (Å²) in [6.07, 6.45) is 3.45. The van der Waals surface area contributed by atoms with Gasteiger partial charge in [0.2, 0.25) is 0 Å². The molecule has 3 N–H and O–H groups in total. The molecule has 0 fully saturated rings. The second-order valence-corrected chi connectivity index (χ2v) is 5.99. The smallest absolute Gasteiger partial charge is 0.271 e. The summed E-state index contributed by atoms with van der Waals surface area (Å²) in [5.74, 6) is -2.40. The van der Waals surface area contributed by atoms with Crippen LogP contribution < -0.4 is 11.1 Å². The Kier molecular flexibility index (Phi) is 5.08. The molecule has 0 saturated heterocycles. The number of nitrogens with one attached hydrogen (secondary N) is 1. The molecule has 3 aromatic rings. The summed E-state index contributed by atoms with van der Waals surface area (Å²) < 4.78 is 28.0. The van der Waals surface area contributed by atoms with Crippen molar-refractivity contribution in [2.45, 2.75) is 5.03 Å². The number of carbonyl (C=O) groups excluding carboxylic acids is 1. The van der Waals surface area contributed by atoms with Gasteiger partial charge in [-0.05, 0) is 36.6 Å². The summed E-state index contributed by atoms with van der Waals surface area (Å²) in [6.45, 7) is 0. The lowest BCUT2D eigenvalue weighted by Gasteiger charge is -2.11. The first-order valence-corrected chi connectivity index (χ1v) is 8.61. The Hall–Kier alpha value is -3.07. The zero-order chi connectivity index (χ0) is 18.7. The second kappa shape index (κ2) is 7.44. The van der Waals surface area contributed by atoms with Gasteiger partial charge in [-0.2, -0.15) is 0 Å². The van der Waals surface area contributed by atoms with E-state index in [4.69, 9.17) is 5.73 Å². The molecule has 1 amide bonds. The molecular weight excluding hydrogens is 360 g/mol. The first-order chi connectivity index (χ1) is 12.5. The van der Waals surface area contributed by atoms with Gasteiger partial charge in [0, 0.05) is 0 Å². The van der Waals surface area contributed by atoms with Crippen LogP contribution in [0.3, 0.4) is 0 Å². The maximum absolute atomic E-state index is 14.0. The number of thioether (sulfide) groups is 1. The average molecular weight is 373 g/mol. The number of nitrogens with two attached hydrogens (primary N) is 1. The third kappa shape index (κ3) is 3.62. The molecule has 6 nitrogen and oxygen atoms in total. The van der Waals surface area contributed by atoms with Gasteiger partial charge in [0.15, 0.2) is 5.69 Å². The number of hydrogen-bond acceptors (Lipinski definition) is 6. The molecule has 0 unspecified atom stereocenters. The van der Waals surface area contributed by atoms with Gasteiger partial charge in [-0.3, -0.25) is 4.79 Å². The number of aromatic nitrogens is 3. The van der Waals surface area contributed by atoms with Crippen molar-refractivity contribution in [2.24, 2.45) is 5.73 Å². The average Bonchev–Trinajstić information content (AvgIpc) is 2.62. The molecular formula is C17H13F2N5OS. The Morgan fingerprint density at radius 2 is 1.88 bits per heavy atom. The molecule has 9 heteroatoms. The number of benzene rings is 1. The first-order valence-electron chi connectivity index (χ1n) is 7.38. The fraction of sp³-hybridized carbons (Fsp3) is 0.0588. The van der Waals surface area contributed by atoms with Crippen LogP contribution in [0.1, 0.15) is 10.5 Å². The SMILES string of the molecule is CSc1ccc(Nc2cc(-c3c(F)cccc3F)nnc2C(N)=O)cn1. The van der Waals surface area contributed by atoms with Crippen molar-refractivity contribution in [3.63, 3.8) is 0 Å². The third-order valence-electron chi connectivity index (χ3n) is 3.47. The monoisotopic (exact) mass is 373 g/mol. The van der Waals surface area contributed by atoms with Crippen LogP contribution in [0.25, 0.3) is 11.3 Å². The number of pyridine rings is 1. The second-order valence-electron chi connectivity index (χ2n) is 5.17. The summed E-state index contributed by atoms with van der Waals surface area (Å²) in [4.78, 5) is 15.8. The number of primary amides is 1. The lowest BCUT2D eigenvalue weighted by molar-refractivity contribution is 0.0995. The largest absolute Gasteiger partial charge is 0.364 e. The molecule has 2 aromatic heterocycles. The van der Waals surface area contributed by atoms with E-state index in [9.17, 15) is 13.6 Å². The standard InChI is InChI=1S/C17H13F2N5OS/c1-26-14-6-5-9(8-21-14)22-13-7-12(23-24-16(13)17(20)25)15-10(18)3-2-4-11(15)19/h2-8H,1H3,(H2,20,25)(H,22,23). The van der Waals surface area contributed by atoms with Crippen LogP contribution in [-0.2, 0) is 0 Å². The fourth-order valence-corrected chi connectivity index (χ4v) is 2.63. The molecule has 0 radical (unpaired) electrons. The quantitative estimate of drug-likeness (QED) is 0.666. The number of rotatable bonds is 5. The first kappa shape index (κ1) is 17.7. The predicted molar refractivity (Wildman–Crippen MR) is 95.2 cm³/mol. The highest BCUT2D eigenvalue weighted by Gasteiger charge is 2.18. The molecule has 26 heavy (non-hydrogen) atoms. The molecule has 0 aliphatic carbocycles. The van der Waals surface area contributed by atoms with Crippen molar-refractivity contribution < 1.29 is 13.6 Å². The van der Waals surface area contributed by atoms with Crippen LogP contribution in [0.15, 0.2) is 47.6 Å². The van der Waals surface area contributed by atoms with E-state index >= 15 is 0 Å². The molecule has 0 saturated carbocycles. The number of carbonyl (C=O) groups is 1. The van der Waals surface area contributed by atoms with Crippen molar-refractivity contribution in [3.8, 4) is 11.3 Å². The number of anilines is 2. The zero-order valence-electron chi connectivity index (χ0n) is 13.5. The highest BCUT2D eigenvalue weighted by atomic mass is 32.2. The summed E-state index contributed by atoms with van der Waals surface area (Å²) >= 11 is 1.48. The Balaban J connectivity index is 2.05. The minimum absolute atomic E-state index is 0.0678. The lowest BCUT2D eigenvalue weighted by atomic mass is 10.1. The predicted octanol–water partition coefficient (Wildman–Crippen LogP) is 3.38. The van der Waals surface area contributed by atoms with Gasteiger partial charge in [0.25, 0.3) is 5.91 Å². The summed E-state index contributed by atoms with van der Waals surface area (Å²) in [6, 6.07) is 8.31. The summed E-state index contributed by atoms with van der Waals surface area (Å²) in [5, 5.41) is 11.2. The van der Waals surface area contributed by atoms with Crippen molar-refractivity contribution >= 4 is 29.0 Å². The van der Waals surface area contributed by atoms with E-state index in [0.717, 1.165) is 17.2 Å². The Bertz CT molecular complexity index is 946. The zero-order valence-corrected chi connectivity index (χ0v) is 14.3. The van der Waals surface area contributed by atoms with E-state index in [1.165, 1.54) is 23.9 Å². The number of amides is 1. The molecule has 3 rings (SSSR count). The Labute approximate surface area is 151 Å². The molecule has 1 aromatic carbocycles. The normalized spacial score (nSPS) is 10.6. The van der Waals surface area contributed by atoms with Crippen molar-refractivity contribution in [1.29, 1.82) is 0 Å². The van der Waals surface area contributed by atoms with Crippen LogP contribution in [0.5, 0.6) is 0 Å². The van der Waals surface area contributed by atoms with Crippen LogP contribution >= 0.6 is 11.8 Å². The minimum Gasteiger partial charge on any atom is -0.364 e. The number of hydrogen-bond donors (Lipinski definition) is 2. The molecule has 0 spiro atoms. The summed E-state index contributed by atoms with van der Waals surface area (Å²) in [5.41, 5.74) is 5.48. The molecule has 0 bridgehead atoms. The van der Waals surface area contributed by atoms with Crippen LogP contribution in [-0.4, -0.2) is 27.3 Å². The van der Waals surface area contributed by atoms with Crippen molar-refractivity contribution in [2.75, 3.05) is 11.6 Å². The van der Waals surface area contributed by atoms with E-state index in [-0.39, 0.29) is 22.6 Å². The maximum Gasteiger partial charge on any atom is 0.271 e.